The highest BCUT2D eigenvalue weighted by Gasteiger charge is 2.23. The van der Waals surface area contributed by atoms with E-state index in [1.807, 2.05) is 30.5 Å². The number of benzene rings is 2. The normalized spacial score (nSPS) is 18.1. The van der Waals surface area contributed by atoms with Crippen molar-refractivity contribution in [1.82, 2.24) is 14.9 Å². The van der Waals surface area contributed by atoms with E-state index >= 15 is 0 Å². The topological polar surface area (TPSA) is 62.8 Å². The maximum atomic E-state index is 6.44. The highest BCUT2D eigenvalue weighted by atomic mass is 16.5. The summed E-state index contributed by atoms with van der Waals surface area (Å²) in [6.07, 6.45) is 4.17. The molecule has 7 nitrogen and oxygen atoms in total. The molecule has 0 radical (unpaired) electrons. The third kappa shape index (κ3) is 5.20. The second kappa shape index (κ2) is 9.93. The minimum atomic E-state index is 0.224. The van der Waals surface area contributed by atoms with Crippen molar-refractivity contribution in [3.63, 3.8) is 0 Å². The Bertz CT molecular complexity index is 1080. The van der Waals surface area contributed by atoms with Crippen LogP contribution in [0.2, 0.25) is 0 Å². The summed E-state index contributed by atoms with van der Waals surface area (Å²) in [6, 6.07) is 15.0. The second-order valence-electron chi connectivity index (χ2n) is 9.11. The molecule has 0 atom stereocenters. The Morgan fingerprint density at radius 1 is 1.03 bits per heavy atom. The van der Waals surface area contributed by atoms with Crippen LogP contribution in [-0.2, 0) is 4.74 Å². The molecule has 0 unspecified atom stereocenters. The van der Waals surface area contributed by atoms with E-state index < -0.39 is 0 Å². The summed E-state index contributed by atoms with van der Waals surface area (Å²) >= 11 is 0. The van der Waals surface area contributed by atoms with Gasteiger partial charge in [0.25, 0.3) is 0 Å². The first-order valence-electron chi connectivity index (χ1n) is 12.0. The van der Waals surface area contributed by atoms with Gasteiger partial charge in [-0.1, -0.05) is 18.2 Å². The van der Waals surface area contributed by atoms with E-state index in [0.717, 1.165) is 74.6 Å². The number of nitrogens with one attached hydrogen (secondary N) is 1. The summed E-state index contributed by atoms with van der Waals surface area (Å²) in [4.78, 5) is 14.2. The Labute approximate surface area is 195 Å². The SMILES string of the molecule is CC(C)N1CCC(Oc2cccc3cnc(Nc4cccc(N5CCOCC5)c4)nc23)CC1. The zero-order chi connectivity index (χ0) is 22.6. The smallest absolute Gasteiger partial charge is 0.227 e. The van der Waals surface area contributed by atoms with E-state index in [-0.39, 0.29) is 6.10 Å². The standard InChI is InChI=1S/C26H33N5O2/c1-19(2)30-11-9-23(10-12-30)33-24-8-3-5-20-18-27-26(29-25(20)24)28-21-6-4-7-22(17-21)31-13-15-32-16-14-31/h3-8,17-19,23H,9-16H2,1-2H3,(H,27,28,29). The molecule has 0 amide bonds. The fraction of sp³-hybridized carbons (Fsp3) is 0.462. The number of rotatable bonds is 6. The predicted molar refractivity (Wildman–Crippen MR) is 133 cm³/mol. The van der Waals surface area contributed by atoms with Crippen LogP contribution in [0.25, 0.3) is 10.9 Å². The van der Waals surface area contributed by atoms with Crippen molar-refractivity contribution in [2.75, 3.05) is 49.6 Å². The summed E-state index contributed by atoms with van der Waals surface area (Å²) in [5, 5.41) is 4.37. The summed E-state index contributed by atoms with van der Waals surface area (Å²) < 4.78 is 11.9. The van der Waals surface area contributed by atoms with Crippen LogP contribution in [-0.4, -0.2) is 66.4 Å². The maximum Gasteiger partial charge on any atom is 0.227 e. The first-order valence-corrected chi connectivity index (χ1v) is 12.0. The molecule has 0 spiro atoms. The summed E-state index contributed by atoms with van der Waals surface area (Å²) in [6.45, 7) is 10.0. The van der Waals surface area contributed by atoms with Gasteiger partial charge < -0.3 is 24.6 Å². The number of para-hydroxylation sites is 1. The number of hydrogen-bond acceptors (Lipinski definition) is 7. The molecule has 1 N–H and O–H groups in total. The Balaban J connectivity index is 1.32. The summed E-state index contributed by atoms with van der Waals surface area (Å²) in [5.41, 5.74) is 3.00. The average molecular weight is 448 g/mol. The van der Waals surface area contributed by atoms with Crippen LogP contribution in [0, 0.1) is 0 Å². The largest absolute Gasteiger partial charge is 0.488 e. The van der Waals surface area contributed by atoms with Gasteiger partial charge in [0, 0.05) is 55.2 Å². The lowest BCUT2D eigenvalue weighted by atomic mass is 10.1. The van der Waals surface area contributed by atoms with Crippen molar-refractivity contribution in [1.29, 1.82) is 0 Å². The molecule has 174 valence electrons. The fourth-order valence-electron chi connectivity index (χ4n) is 4.60. The van der Waals surface area contributed by atoms with Crippen LogP contribution in [0.3, 0.4) is 0 Å². The lowest BCUT2D eigenvalue weighted by Crippen LogP contribution is -2.41. The Kier molecular flexibility index (Phi) is 6.60. The van der Waals surface area contributed by atoms with Gasteiger partial charge >= 0.3 is 0 Å². The molecule has 7 heteroatoms. The number of fused-ring (bicyclic) bond motifs is 1. The number of ether oxygens (including phenoxy) is 2. The number of likely N-dealkylation sites (tertiary alicyclic amines) is 1. The molecule has 5 rings (SSSR count). The van der Waals surface area contributed by atoms with Crippen LogP contribution < -0.4 is 15.0 Å². The fourth-order valence-corrected chi connectivity index (χ4v) is 4.60. The van der Waals surface area contributed by atoms with E-state index in [0.29, 0.717) is 12.0 Å². The second-order valence-corrected chi connectivity index (χ2v) is 9.11. The minimum absolute atomic E-state index is 0.224. The monoisotopic (exact) mass is 447 g/mol. The summed E-state index contributed by atoms with van der Waals surface area (Å²) in [5.74, 6) is 1.41. The molecule has 2 aliphatic rings. The molecule has 0 saturated carbocycles. The van der Waals surface area contributed by atoms with Crippen molar-refractivity contribution in [2.24, 2.45) is 0 Å². The maximum absolute atomic E-state index is 6.44. The molecule has 2 saturated heterocycles. The molecule has 0 aliphatic carbocycles. The average Bonchev–Trinajstić information content (AvgIpc) is 2.85. The van der Waals surface area contributed by atoms with Gasteiger partial charge in [0.15, 0.2) is 0 Å². The molecule has 1 aromatic heterocycles. The van der Waals surface area contributed by atoms with Gasteiger partial charge in [-0.2, -0.15) is 0 Å². The van der Waals surface area contributed by atoms with Gasteiger partial charge in [-0.05, 0) is 51.0 Å². The number of aromatic nitrogens is 2. The third-order valence-corrected chi connectivity index (χ3v) is 6.55. The van der Waals surface area contributed by atoms with Crippen molar-refractivity contribution in [3.05, 3.63) is 48.7 Å². The van der Waals surface area contributed by atoms with Gasteiger partial charge in [0.05, 0.1) is 13.2 Å². The Morgan fingerprint density at radius 2 is 1.82 bits per heavy atom. The lowest BCUT2D eigenvalue weighted by molar-refractivity contribution is 0.0852. The Morgan fingerprint density at radius 3 is 2.61 bits per heavy atom. The van der Waals surface area contributed by atoms with Gasteiger partial charge in [0.2, 0.25) is 5.95 Å². The number of morpholine rings is 1. The molecule has 0 bridgehead atoms. The quantitative estimate of drug-likeness (QED) is 0.598. The van der Waals surface area contributed by atoms with Crippen LogP contribution in [0.1, 0.15) is 26.7 Å². The number of piperidine rings is 1. The highest BCUT2D eigenvalue weighted by Crippen LogP contribution is 2.29. The van der Waals surface area contributed by atoms with Crippen molar-refractivity contribution in [3.8, 4) is 5.75 Å². The molecule has 33 heavy (non-hydrogen) atoms. The van der Waals surface area contributed by atoms with E-state index in [2.05, 4.69) is 52.1 Å². The molecule has 2 aromatic carbocycles. The molecule has 2 fully saturated rings. The lowest BCUT2D eigenvalue weighted by Gasteiger charge is -2.34. The molecule has 3 aromatic rings. The summed E-state index contributed by atoms with van der Waals surface area (Å²) in [7, 11) is 0. The number of hydrogen-bond donors (Lipinski definition) is 1. The van der Waals surface area contributed by atoms with Gasteiger partial charge in [0.1, 0.15) is 17.4 Å². The van der Waals surface area contributed by atoms with E-state index in [9.17, 15) is 0 Å². The highest BCUT2D eigenvalue weighted by molar-refractivity contribution is 5.85. The van der Waals surface area contributed by atoms with Crippen LogP contribution in [0.4, 0.5) is 17.3 Å². The van der Waals surface area contributed by atoms with Crippen molar-refractivity contribution < 1.29 is 9.47 Å². The molecule has 3 heterocycles. The number of nitrogens with zero attached hydrogens (tertiary/aromatic N) is 4. The van der Waals surface area contributed by atoms with Gasteiger partial charge in [-0.25, -0.2) is 9.97 Å². The predicted octanol–water partition coefficient (Wildman–Crippen LogP) is 4.46. The first kappa shape index (κ1) is 21.9. The number of anilines is 3. The van der Waals surface area contributed by atoms with E-state index in [4.69, 9.17) is 14.5 Å². The van der Waals surface area contributed by atoms with Crippen LogP contribution >= 0.6 is 0 Å². The van der Waals surface area contributed by atoms with Crippen molar-refractivity contribution >= 4 is 28.2 Å². The zero-order valence-electron chi connectivity index (χ0n) is 19.5. The first-order chi connectivity index (χ1) is 16.2. The Hall–Kier alpha value is -2.90. The third-order valence-electron chi connectivity index (χ3n) is 6.55. The van der Waals surface area contributed by atoms with Gasteiger partial charge in [-0.15, -0.1) is 0 Å². The van der Waals surface area contributed by atoms with E-state index in [1.165, 1.54) is 5.69 Å². The van der Waals surface area contributed by atoms with Crippen molar-refractivity contribution in [2.45, 2.75) is 38.8 Å². The molecular formula is C26H33N5O2. The molecular weight excluding hydrogens is 414 g/mol. The zero-order valence-corrected chi connectivity index (χ0v) is 19.5. The van der Waals surface area contributed by atoms with E-state index in [1.54, 1.807) is 0 Å². The molecule has 2 aliphatic heterocycles. The van der Waals surface area contributed by atoms with Gasteiger partial charge in [-0.3, -0.25) is 0 Å². The van der Waals surface area contributed by atoms with Crippen LogP contribution in [0.15, 0.2) is 48.7 Å². The van der Waals surface area contributed by atoms with Crippen LogP contribution in [0.5, 0.6) is 5.75 Å². The minimum Gasteiger partial charge on any atom is -0.488 e.